The lowest BCUT2D eigenvalue weighted by Gasteiger charge is -2.41. The van der Waals surface area contributed by atoms with Crippen molar-refractivity contribution < 1.29 is 8.42 Å². The van der Waals surface area contributed by atoms with Crippen LogP contribution in [-0.2, 0) is 16.4 Å². The van der Waals surface area contributed by atoms with E-state index in [1.807, 2.05) is 6.07 Å². The van der Waals surface area contributed by atoms with E-state index in [1.54, 1.807) is 12.1 Å². The zero-order valence-corrected chi connectivity index (χ0v) is 12.7. The molecule has 1 aliphatic heterocycles. The number of anilines is 1. The molecule has 0 atom stereocenters. The van der Waals surface area contributed by atoms with Gasteiger partial charge in [-0.1, -0.05) is 13.0 Å². The minimum atomic E-state index is -3.41. The quantitative estimate of drug-likeness (QED) is 0.897. The highest BCUT2D eigenvalue weighted by molar-refractivity contribution is 7.89. The van der Waals surface area contributed by atoms with Gasteiger partial charge in [0.05, 0.1) is 4.90 Å². The zero-order valence-electron chi connectivity index (χ0n) is 11.9. The molecule has 1 aliphatic carbocycles. The van der Waals surface area contributed by atoms with E-state index in [0.717, 1.165) is 50.8 Å². The fraction of sp³-hybridized carbons (Fsp3) is 0.600. The summed E-state index contributed by atoms with van der Waals surface area (Å²) in [6.07, 6.45) is 6.00. The van der Waals surface area contributed by atoms with Gasteiger partial charge in [0, 0.05) is 17.8 Å². The number of rotatable bonds is 4. The molecule has 0 unspecified atom stereocenters. The fourth-order valence-electron chi connectivity index (χ4n) is 3.08. The third-order valence-corrected chi connectivity index (χ3v) is 6.24. The molecule has 1 heterocycles. The third-order valence-electron chi connectivity index (χ3n) is 4.67. The van der Waals surface area contributed by atoms with Gasteiger partial charge in [-0.25, -0.2) is 13.1 Å². The first-order chi connectivity index (χ1) is 9.55. The summed E-state index contributed by atoms with van der Waals surface area (Å²) in [7, 11) is -3.41. The van der Waals surface area contributed by atoms with Gasteiger partial charge in [0.25, 0.3) is 0 Å². The average molecular weight is 294 g/mol. The van der Waals surface area contributed by atoms with Crippen LogP contribution in [0.4, 0.5) is 5.69 Å². The van der Waals surface area contributed by atoms with Gasteiger partial charge in [-0.2, -0.15) is 0 Å². The minimum Gasteiger partial charge on any atom is -0.385 e. The number of hydrogen-bond donors (Lipinski definition) is 2. The molecule has 110 valence electrons. The van der Waals surface area contributed by atoms with Gasteiger partial charge in [0.15, 0.2) is 0 Å². The van der Waals surface area contributed by atoms with E-state index in [2.05, 4.69) is 17.0 Å². The van der Waals surface area contributed by atoms with Crippen LogP contribution in [0.25, 0.3) is 0 Å². The summed E-state index contributed by atoms with van der Waals surface area (Å²) >= 11 is 0. The Labute approximate surface area is 121 Å². The van der Waals surface area contributed by atoms with Crippen molar-refractivity contribution in [3.8, 4) is 0 Å². The van der Waals surface area contributed by atoms with Crippen LogP contribution in [0.15, 0.2) is 23.1 Å². The monoisotopic (exact) mass is 294 g/mol. The van der Waals surface area contributed by atoms with E-state index in [0.29, 0.717) is 4.90 Å². The molecule has 1 aromatic carbocycles. The van der Waals surface area contributed by atoms with Gasteiger partial charge in [-0.3, -0.25) is 0 Å². The molecule has 5 heteroatoms. The van der Waals surface area contributed by atoms with E-state index in [-0.39, 0.29) is 5.54 Å². The van der Waals surface area contributed by atoms with Crippen molar-refractivity contribution in [3.05, 3.63) is 23.8 Å². The summed E-state index contributed by atoms with van der Waals surface area (Å²) in [5, 5.41) is 3.29. The maximum atomic E-state index is 12.5. The number of sulfonamides is 1. The van der Waals surface area contributed by atoms with Gasteiger partial charge in [0.1, 0.15) is 0 Å². The first kappa shape index (κ1) is 13.9. The molecule has 2 aliphatic rings. The minimum absolute atomic E-state index is 0.206. The van der Waals surface area contributed by atoms with Crippen LogP contribution < -0.4 is 10.0 Å². The van der Waals surface area contributed by atoms with Crippen molar-refractivity contribution in [2.24, 2.45) is 0 Å². The summed E-state index contributed by atoms with van der Waals surface area (Å²) in [6.45, 7) is 2.97. The van der Waals surface area contributed by atoms with E-state index < -0.39 is 10.0 Å². The lowest BCUT2D eigenvalue weighted by molar-refractivity contribution is 0.214. The zero-order chi connectivity index (χ0) is 14.2. The fourth-order valence-corrected chi connectivity index (χ4v) is 4.64. The summed E-state index contributed by atoms with van der Waals surface area (Å²) in [5.74, 6) is 0. The SMILES string of the molecule is CCC1(NS(=O)(=O)c2ccc3c(c2)NCCC3)CCC1. The molecule has 1 aromatic rings. The van der Waals surface area contributed by atoms with Gasteiger partial charge in [-0.15, -0.1) is 0 Å². The Kier molecular flexibility index (Phi) is 3.50. The maximum Gasteiger partial charge on any atom is 0.241 e. The highest BCUT2D eigenvalue weighted by Gasteiger charge is 2.39. The van der Waals surface area contributed by atoms with E-state index in [1.165, 1.54) is 5.56 Å². The highest BCUT2D eigenvalue weighted by Crippen LogP contribution is 2.36. The summed E-state index contributed by atoms with van der Waals surface area (Å²) in [6, 6.07) is 5.45. The van der Waals surface area contributed by atoms with E-state index in [4.69, 9.17) is 0 Å². The molecule has 20 heavy (non-hydrogen) atoms. The topological polar surface area (TPSA) is 58.2 Å². The standard InChI is InChI=1S/C15H22N2O2S/c1-2-15(8-4-9-15)17-20(18,19)13-7-6-12-5-3-10-16-14(12)11-13/h6-7,11,16-17H,2-5,8-10H2,1H3. The van der Waals surface area contributed by atoms with Crippen LogP contribution >= 0.6 is 0 Å². The molecule has 2 N–H and O–H groups in total. The van der Waals surface area contributed by atoms with Crippen molar-refractivity contribution in [2.75, 3.05) is 11.9 Å². The van der Waals surface area contributed by atoms with E-state index in [9.17, 15) is 8.42 Å². The Morgan fingerprint density at radius 1 is 1.30 bits per heavy atom. The molecular weight excluding hydrogens is 272 g/mol. The van der Waals surface area contributed by atoms with Gasteiger partial charge in [-0.05, 0) is 56.2 Å². The van der Waals surface area contributed by atoms with Crippen molar-refractivity contribution in [2.45, 2.75) is 55.9 Å². The van der Waals surface area contributed by atoms with Crippen molar-refractivity contribution in [1.82, 2.24) is 4.72 Å². The van der Waals surface area contributed by atoms with Crippen molar-refractivity contribution in [1.29, 1.82) is 0 Å². The number of fused-ring (bicyclic) bond motifs is 1. The largest absolute Gasteiger partial charge is 0.385 e. The number of nitrogens with one attached hydrogen (secondary N) is 2. The Balaban J connectivity index is 1.87. The second-order valence-corrected chi connectivity index (χ2v) is 7.62. The summed E-state index contributed by atoms with van der Waals surface area (Å²) < 4.78 is 28.0. The average Bonchev–Trinajstić information content (AvgIpc) is 2.42. The first-order valence-electron chi connectivity index (χ1n) is 7.45. The molecule has 1 saturated carbocycles. The molecule has 0 spiro atoms. The Morgan fingerprint density at radius 3 is 2.75 bits per heavy atom. The van der Waals surface area contributed by atoms with Crippen LogP contribution in [-0.4, -0.2) is 20.5 Å². The predicted molar refractivity (Wildman–Crippen MR) is 80.4 cm³/mol. The molecule has 0 radical (unpaired) electrons. The van der Waals surface area contributed by atoms with Crippen molar-refractivity contribution >= 4 is 15.7 Å². The Bertz CT molecular complexity index is 601. The van der Waals surface area contributed by atoms with Crippen molar-refractivity contribution in [3.63, 3.8) is 0 Å². The van der Waals surface area contributed by atoms with Crippen LogP contribution in [0.3, 0.4) is 0 Å². The molecule has 0 saturated heterocycles. The second-order valence-electron chi connectivity index (χ2n) is 5.94. The van der Waals surface area contributed by atoms with Gasteiger partial charge < -0.3 is 5.32 Å². The first-order valence-corrected chi connectivity index (χ1v) is 8.94. The van der Waals surface area contributed by atoms with Gasteiger partial charge in [0.2, 0.25) is 10.0 Å². The molecule has 3 rings (SSSR count). The predicted octanol–water partition coefficient (Wildman–Crippen LogP) is 2.66. The van der Waals surface area contributed by atoms with Crippen LogP contribution in [0.1, 0.15) is 44.6 Å². The lowest BCUT2D eigenvalue weighted by atomic mass is 9.76. The number of aryl methyl sites for hydroxylation is 1. The van der Waals surface area contributed by atoms with Crippen LogP contribution in [0, 0.1) is 0 Å². The van der Waals surface area contributed by atoms with Crippen LogP contribution in [0.2, 0.25) is 0 Å². The molecule has 4 nitrogen and oxygen atoms in total. The Hall–Kier alpha value is -1.07. The highest BCUT2D eigenvalue weighted by atomic mass is 32.2. The molecule has 0 amide bonds. The smallest absolute Gasteiger partial charge is 0.241 e. The molecular formula is C15H22N2O2S. The van der Waals surface area contributed by atoms with E-state index >= 15 is 0 Å². The number of benzene rings is 1. The Morgan fingerprint density at radius 2 is 2.10 bits per heavy atom. The summed E-state index contributed by atoms with van der Waals surface area (Å²) in [5.41, 5.74) is 1.98. The maximum absolute atomic E-state index is 12.5. The number of hydrogen-bond acceptors (Lipinski definition) is 3. The van der Waals surface area contributed by atoms with Crippen LogP contribution in [0.5, 0.6) is 0 Å². The molecule has 0 aromatic heterocycles. The molecule has 1 fully saturated rings. The second kappa shape index (κ2) is 5.04. The summed E-state index contributed by atoms with van der Waals surface area (Å²) in [4.78, 5) is 0.380. The normalized spacial score (nSPS) is 20.6. The lowest BCUT2D eigenvalue weighted by Crippen LogP contribution is -2.52. The van der Waals surface area contributed by atoms with Gasteiger partial charge >= 0.3 is 0 Å². The third kappa shape index (κ3) is 2.44. The molecule has 0 bridgehead atoms.